The Morgan fingerprint density at radius 1 is 1.32 bits per heavy atom. The minimum atomic E-state index is -4.69. The van der Waals surface area contributed by atoms with Crippen LogP contribution in [0.1, 0.15) is 38.1 Å². The second kappa shape index (κ2) is 6.12. The first-order valence-corrected chi connectivity index (χ1v) is 7.82. The average Bonchev–Trinajstić information content (AvgIpc) is 3.03. The largest absolute Gasteiger partial charge is 0.471 e. The molecule has 25 heavy (non-hydrogen) atoms. The first-order chi connectivity index (χ1) is 11.7. The van der Waals surface area contributed by atoms with Gasteiger partial charge in [-0.3, -0.25) is 9.78 Å². The topological polar surface area (TPSA) is 72.1 Å². The van der Waals surface area contributed by atoms with Gasteiger partial charge in [0.25, 0.3) is 0 Å². The Morgan fingerprint density at radius 2 is 2.08 bits per heavy atom. The molecular formula is C16H17F3N4O2. The van der Waals surface area contributed by atoms with E-state index in [4.69, 9.17) is 0 Å². The zero-order chi connectivity index (χ0) is 18.2. The Hall–Kier alpha value is -2.45. The summed E-state index contributed by atoms with van der Waals surface area (Å²) >= 11 is 0. The first-order valence-electron chi connectivity index (χ1n) is 7.82. The lowest BCUT2D eigenvalue weighted by molar-refractivity contribution is -0.159. The van der Waals surface area contributed by atoms with Gasteiger partial charge < -0.3 is 9.42 Å². The molecule has 1 saturated heterocycles. The van der Waals surface area contributed by atoms with Gasteiger partial charge in [-0.25, -0.2) is 0 Å². The van der Waals surface area contributed by atoms with Crippen LogP contribution < -0.4 is 0 Å². The van der Waals surface area contributed by atoms with Crippen LogP contribution in [0.2, 0.25) is 0 Å². The Kier molecular flexibility index (Phi) is 4.26. The molecule has 0 spiro atoms. The molecular weight excluding hydrogens is 337 g/mol. The first kappa shape index (κ1) is 17.4. The monoisotopic (exact) mass is 354 g/mol. The molecule has 1 fully saturated rings. The lowest BCUT2D eigenvalue weighted by Gasteiger charge is -2.37. The van der Waals surface area contributed by atoms with Gasteiger partial charge in [-0.2, -0.15) is 18.2 Å². The zero-order valence-corrected chi connectivity index (χ0v) is 13.8. The minimum Gasteiger partial charge on any atom is -0.338 e. The zero-order valence-electron chi connectivity index (χ0n) is 13.8. The van der Waals surface area contributed by atoms with E-state index in [1.54, 1.807) is 11.0 Å². The Labute approximate surface area is 142 Å². The third-order valence-electron chi connectivity index (χ3n) is 4.19. The van der Waals surface area contributed by atoms with Crippen molar-refractivity contribution in [2.45, 2.75) is 39.4 Å². The predicted octanol–water partition coefficient (Wildman–Crippen LogP) is 3.30. The van der Waals surface area contributed by atoms with Crippen LogP contribution in [0.5, 0.6) is 0 Å². The summed E-state index contributed by atoms with van der Waals surface area (Å²) in [4.78, 5) is 21.6. The SMILES string of the molecule is CC1(C)CCCN(Cc2ccc(-c3noc(C(F)(F)F)n3)nc2)C1=O. The Morgan fingerprint density at radius 3 is 2.68 bits per heavy atom. The van der Waals surface area contributed by atoms with Crippen LogP contribution in [-0.2, 0) is 17.5 Å². The molecule has 2 aromatic heterocycles. The molecule has 0 N–H and O–H groups in total. The van der Waals surface area contributed by atoms with Crippen molar-refractivity contribution in [1.29, 1.82) is 0 Å². The third-order valence-corrected chi connectivity index (χ3v) is 4.19. The number of nitrogens with zero attached hydrogens (tertiary/aromatic N) is 4. The number of piperidine rings is 1. The maximum atomic E-state index is 12.5. The van der Waals surface area contributed by atoms with Crippen LogP contribution in [0.4, 0.5) is 13.2 Å². The summed E-state index contributed by atoms with van der Waals surface area (Å²) in [5.41, 5.74) is 0.590. The molecule has 1 amide bonds. The normalized spacial score (nSPS) is 17.8. The van der Waals surface area contributed by atoms with E-state index < -0.39 is 12.1 Å². The number of hydrogen-bond acceptors (Lipinski definition) is 5. The van der Waals surface area contributed by atoms with Gasteiger partial charge in [-0.1, -0.05) is 25.1 Å². The maximum Gasteiger partial charge on any atom is 0.471 e. The van der Waals surface area contributed by atoms with Gasteiger partial charge in [0.1, 0.15) is 5.69 Å². The van der Waals surface area contributed by atoms with Gasteiger partial charge in [0.15, 0.2) is 0 Å². The van der Waals surface area contributed by atoms with Crippen molar-refractivity contribution in [2.24, 2.45) is 5.41 Å². The quantitative estimate of drug-likeness (QED) is 0.846. The Balaban J connectivity index is 1.72. The van der Waals surface area contributed by atoms with Gasteiger partial charge in [-0.15, -0.1) is 0 Å². The summed E-state index contributed by atoms with van der Waals surface area (Å²) in [5.74, 6) is -1.54. The van der Waals surface area contributed by atoms with Gasteiger partial charge in [0.05, 0.1) is 0 Å². The maximum absolute atomic E-state index is 12.5. The van der Waals surface area contributed by atoms with E-state index in [0.717, 1.165) is 18.4 Å². The number of carbonyl (C=O) groups is 1. The van der Waals surface area contributed by atoms with E-state index in [-0.39, 0.29) is 22.8 Å². The fraction of sp³-hybridized carbons (Fsp3) is 0.500. The fourth-order valence-corrected chi connectivity index (χ4v) is 2.81. The average molecular weight is 354 g/mol. The summed E-state index contributed by atoms with van der Waals surface area (Å²) in [6.45, 7) is 4.95. The second-order valence-electron chi connectivity index (χ2n) is 6.69. The molecule has 3 heterocycles. The van der Waals surface area contributed by atoms with Crippen molar-refractivity contribution in [3.63, 3.8) is 0 Å². The van der Waals surface area contributed by atoms with Crippen molar-refractivity contribution in [2.75, 3.05) is 6.54 Å². The van der Waals surface area contributed by atoms with Crippen molar-refractivity contribution in [3.05, 3.63) is 29.8 Å². The number of hydrogen-bond donors (Lipinski definition) is 0. The molecule has 6 nitrogen and oxygen atoms in total. The summed E-state index contributed by atoms with van der Waals surface area (Å²) < 4.78 is 41.7. The molecule has 0 bridgehead atoms. The number of likely N-dealkylation sites (tertiary alicyclic amines) is 1. The number of pyridine rings is 1. The molecule has 134 valence electrons. The smallest absolute Gasteiger partial charge is 0.338 e. The van der Waals surface area contributed by atoms with Gasteiger partial charge in [0, 0.05) is 24.7 Å². The number of aromatic nitrogens is 3. The van der Waals surface area contributed by atoms with E-state index >= 15 is 0 Å². The van der Waals surface area contributed by atoms with E-state index in [1.807, 2.05) is 13.8 Å². The standard InChI is InChI=1S/C16H17F3N4O2/c1-15(2)6-3-7-23(14(15)24)9-10-4-5-11(20-8-10)12-21-13(25-22-12)16(17,18)19/h4-5,8H,3,6-7,9H2,1-2H3. The number of amides is 1. The number of rotatable bonds is 3. The number of alkyl halides is 3. The highest BCUT2D eigenvalue weighted by Gasteiger charge is 2.38. The predicted molar refractivity (Wildman–Crippen MR) is 81.0 cm³/mol. The number of carbonyl (C=O) groups excluding carboxylic acids is 1. The fourth-order valence-electron chi connectivity index (χ4n) is 2.81. The molecule has 0 aromatic carbocycles. The van der Waals surface area contributed by atoms with Crippen molar-refractivity contribution in [1.82, 2.24) is 20.0 Å². The van der Waals surface area contributed by atoms with Crippen LogP contribution >= 0.6 is 0 Å². The number of halogens is 3. The summed E-state index contributed by atoms with van der Waals surface area (Å²) in [6, 6.07) is 3.21. The van der Waals surface area contributed by atoms with Crippen LogP contribution in [-0.4, -0.2) is 32.5 Å². The molecule has 2 aromatic rings. The highest BCUT2D eigenvalue weighted by atomic mass is 19.4. The lowest BCUT2D eigenvalue weighted by Crippen LogP contribution is -2.45. The molecule has 1 aliphatic heterocycles. The van der Waals surface area contributed by atoms with Crippen LogP contribution in [0.25, 0.3) is 11.5 Å². The van der Waals surface area contributed by atoms with E-state index in [2.05, 4.69) is 19.6 Å². The molecule has 0 unspecified atom stereocenters. The molecule has 0 atom stereocenters. The molecule has 1 aliphatic rings. The summed E-state index contributed by atoms with van der Waals surface area (Å²) in [5, 5.41) is 3.30. The molecule has 0 radical (unpaired) electrons. The van der Waals surface area contributed by atoms with Crippen molar-refractivity contribution in [3.8, 4) is 11.5 Å². The van der Waals surface area contributed by atoms with Gasteiger partial charge in [-0.05, 0) is 24.5 Å². The highest BCUT2D eigenvalue weighted by Crippen LogP contribution is 2.31. The summed E-state index contributed by atoms with van der Waals surface area (Å²) in [7, 11) is 0. The van der Waals surface area contributed by atoms with Gasteiger partial charge in [0.2, 0.25) is 11.7 Å². The van der Waals surface area contributed by atoms with Crippen molar-refractivity contribution >= 4 is 5.91 Å². The van der Waals surface area contributed by atoms with E-state index in [1.165, 1.54) is 12.3 Å². The molecule has 0 saturated carbocycles. The lowest BCUT2D eigenvalue weighted by atomic mass is 9.83. The molecule has 9 heteroatoms. The highest BCUT2D eigenvalue weighted by molar-refractivity contribution is 5.82. The van der Waals surface area contributed by atoms with E-state index in [9.17, 15) is 18.0 Å². The molecule has 0 aliphatic carbocycles. The summed E-state index contributed by atoms with van der Waals surface area (Å²) in [6.07, 6.45) is -1.38. The minimum absolute atomic E-state index is 0.0933. The van der Waals surface area contributed by atoms with Crippen molar-refractivity contribution < 1.29 is 22.5 Å². The Bertz CT molecular complexity index is 768. The second-order valence-corrected chi connectivity index (χ2v) is 6.69. The van der Waals surface area contributed by atoms with Crippen LogP contribution in [0.15, 0.2) is 22.9 Å². The van der Waals surface area contributed by atoms with Gasteiger partial charge >= 0.3 is 12.1 Å². The van der Waals surface area contributed by atoms with E-state index in [0.29, 0.717) is 13.1 Å². The van der Waals surface area contributed by atoms with Crippen LogP contribution in [0, 0.1) is 5.41 Å². The van der Waals surface area contributed by atoms with Crippen LogP contribution in [0.3, 0.4) is 0 Å². The molecule has 3 rings (SSSR count). The third kappa shape index (κ3) is 3.64.